The minimum Gasteiger partial charge on any atom is -0.354 e. The maximum Gasteiger partial charge on any atom is 0.223 e. The zero-order valence-corrected chi connectivity index (χ0v) is 9.75. The molecule has 1 fully saturated rings. The molecule has 0 aromatic heterocycles. The summed E-state index contributed by atoms with van der Waals surface area (Å²) in [4.78, 5) is 24.3. The number of carbonyl (C=O) groups is 2. The van der Waals surface area contributed by atoms with Gasteiger partial charge in [-0.3, -0.25) is 9.59 Å². The summed E-state index contributed by atoms with van der Waals surface area (Å²) in [5.41, 5.74) is 0. The summed E-state index contributed by atoms with van der Waals surface area (Å²) in [5.74, 6) is 0.447. The highest BCUT2D eigenvalue weighted by Gasteiger charge is 2.29. The van der Waals surface area contributed by atoms with E-state index in [0.717, 1.165) is 12.8 Å². The van der Waals surface area contributed by atoms with Gasteiger partial charge in [-0.25, -0.2) is 0 Å². The molecule has 4 nitrogen and oxygen atoms in total. The standard InChI is InChI=1S/C11H20N2O2/c1-8(2)13(9(3)14)7-6-12-11(15)10-4-5-10/h8,10H,4-7H2,1-3H3,(H,12,15). The van der Waals surface area contributed by atoms with Crippen LogP contribution in [0.15, 0.2) is 0 Å². The highest BCUT2D eigenvalue weighted by molar-refractivity contribution is 5.80. The first-order chi connectivity index (χ1) is 7.02. The first-order valence-electron chi connectivity index (χ1n) is 5.57. The summed E-state index contributed by atoms with van der Waals surface area (Å²) in [6.07, 6.45) is 2.04. The molecule has 15 heavy (non-hydrogen) atoms. The average molecular weight is 212 g/mol. The van der Waals surface area contributed by atoms with Crippen molar-refractivity contribution in [3.8, 4) is 0 Å². The molecule has 1 saturated carbocycles. The zero-order chi connectivity index (χ0) is 11.4. The molecule has 0 atom stereocenters. The van der Waals surface area contributed by atoms with Gasteiger partial charge >= 0.3 is 0 Å². The van der Waals surface area contributed by atoms with Gasteiger partial charge < -0.3 is 10.2 Å². The number of amides is 2. The molecule has 0 aromatic rings. The van der Waals surface area contributed by atoms with Crippen LogP contribution in [0.2, 0.25) is 0 Å². The van der Waals surface area contributed by atoms with Crippen LogP contribution < -0.4 is 5.32 Å². The Balaban J connectivity index is 2.21. The number of nitrogens with one attached hydrogen (secondary N) is 1. The van der Waals surface area contributed by atoms with Crippen molar-refractivity contribution in [3.05, 3.63) is 0 Å². The molecule has 0 aromatic carbocycles. The largest absolute Gasteiger partial charge is 0.354 e. The van der Waals surface area contributed by atoms with E-state index in [1.54, 1.807) is 11.8 Å². The molecule has 2 amide bonds. The van der Waals surface area contributed by atoms with E-state index in [0.29, 0.717) is 13.1 Å². The molecule has 86 valence electrons. The second-order valence-corrected chi connectivity index (χ2v) is 4.37. The van der Waals surface area contributed by atoms with E-state index in [2.05, 4.69) is 5.32 Å². The Bertz CT molecular complexity index is 247. The molecule has 0 aliphatic heterocycles. The second kappa shape index (κ2) is 5.14. The number of hydrogen-bond acceptors (Lipinski definition) is 2. The summed E-state index contributed by atoms with van der Waals surface area (Å²) in [5, 5.41) is 2.85. The molecule has 0 radical (unpaired) electrons. The van der Waals surface area contributed by atoms with Crippen LogP contribution in [-0.2, 0) is 9.59 Å². The van der Waals surface area contributed by atoms with Gasteiger partial charge in [0.1, 0.15) is 0 Å². The van der Waals surface area contributed by atoms with Gasteiger partial charge in [0.25, 0.3) is 0 Å². The lowest BCUT2D eigenvalue weighted by molar-refractivity contribution is -0.131. The number of nitrogens with zero attached hydrogens (tertiary/aromatic N) is 1. The summed E-state index contributed by atoms with van der Waals surface area (Å²) in [7, 11) is 0. The van der Waals surface area contributed by atoms with Crippen molar-refractivity contribution >= 4 is 11.8 Å². The van der Waals surface area contributed by atoms with Crippen LogP contribution in [0.5, 0.6) is 0 Å². The molecule has 4 heteroatoms. The minimum atomic E-state index is 0.0608. The van der Waals surface area contributed by atoms with Crippen molar-refractivity contribution < 1.29 is 9.59 Å². The Morgan fingerprint density at radius 2 is 2.00 bits per heavy atom. The molecular weight excluding hydrogens is 192 g/mol. The molecule has 0 unspecified atom stereocenters. The van der Waals surface area contributed by atoms with Gasteiger partial charge in [-0.1, -0.05) is 0 Å². The van der Waals surface area contributed by atoms with Crippen molar-refractivity contribution in [1.82, 2.24) is 10.2 Å². The van der Waals surface area contributed by atoms with Crippen molar-refractivity contribution in [2.24, 2.45) is 5.92 Å². The highest BCUT2D eigenvalue weighted by atomic mass is 16.2. The van der Waals surface area contributed by atoms with Crippen LogP contribution in [0.3, 0.4) is 0 Å². The van der Waals surface area contributed by atoms with Gasteiger partial charge in [0.05, 0.1) is 0 Å². The van der Waals surface area contributed by atoms with Crippen LogP contribution in [0, 0.1) is 5.92 Å². The lowest BCUT2D eigenvalue weighted by atomic mass is 10.3. The van der Waals surface area contributed by atoms with Gasteiger partial charge in [-0.05, 0) is 26.7 Å². The number of rotatable bonds is 5. The predicted molar refractivity (Wildman–Crippen MR) is 58.3 cm³/mol. The zero-order valence-electron chi connectivity index (χ0n) is 9.75. The average Bonchev–Trinajstić information content (AvgIpc) is 2.93. The second-order valence-electron chi connectivity index (χ2n) is 4.37. The van der Waals surface area contributed by atoms with E-state index in [1.807, 2.05) is 13.8 Å². The number of carbonyl (C=O) groups excluding carboxylic acids is 2. The van der Waals surface area contributed by atoms with Crippen molar-refractivity contribution in [2.45, 2.75) is 39.7 Å². The molecule has 1 aliphatic rings. The molecular formula is C11H20N2O2. The molecule has 1 rings (SSSR count). The fraction of sp³-hybridized carbons (Fsp3) is 0.818. The summed E-state index contributed by atoms with van der Waals surface area (Å²) >= 11 is 0. The van der Waals surface area contributed by atoms with Gasteiger partial charge in [0, 0.05) is 32.0 Å². The summed E-state index contributed by atoms with van der Waals surface area (Å²) < 4.78 is 0. The van der Waals surface area contributed by atoms with Crippen LogP contribution in [0.4, 0.5) is 0 Å². The van der Waals surface area contributed by atoms with E-state index >= 15 is 0 Å². The third-order valence-electron chi connectivity index (χ3n) is 2.63. The van der Waals surface area contributed by atoms with E-state index in [1.165, 1.54) is 0 Å². The van der Waals surface area contributed by atoms with Crippen LogP contribution in [-0.4, -0.2) is 35.8 Å². The highest BCUT2D eigenvalue weighted by Crippen LogP contribution is 2.28. The number of hydrogen-bond donors (Lipinski definition) is 1. The van der Waals surface area contributed by atoms with Crippen molar-refractivity contribution in [1.29, 1.82) is 0 Å². The third-order valence-corrected chi connectivity index (χ3v) is 2.63. The monoisotopic (exact) mass is 212 g/mol. The van der Waals surface area contributed by atoms with Crippen LogP contribution in [0.1, 0.15) is 33.6 Å². The fourth-order valence-electron chi connectivity index (χ4n) is 1.57. The molecule has 0 spiro atoms. The SMILES string of the molecule is CC(=O)N(CCNC(=O)C1CC1)C(C)C. The molecule has 0 saturated heterocycles. The van der Waals surface area contributed by atoms with Gasteiger partial charge in [-0.15, -0.1) is 0 Å². The molecule has 1 aliphatic carbocycles. The Morgan fingerprint density at radius 1 is 1.40 bits per heavy atom. The van der Waals surface area contributed by atoms with E-state index in [9.17, 15) is 9.59 Å². The molecule has 0 heterocycles. The molecule has 1 N–H and O–H groups in total. The first kappa shape index (κ1) is 12.0. The van der Waals surface area contributed by atoms with Gasteiger partial charge in [0.2, 0.25) is 11.8 Å². The lowest BCUT2D eigenvalue weighted by Gasteiger charge is -2.25. The smallest absolute Gasteiger partial charge is 0.223 e. The lowest BCUT2D eigenvalue weighted by Crippen LogP contribution is -2.41. The third kappa shape index (κ3) is 3.90. The first-order valence-corrected chi connectivity index (χ1v) is 5.57. The Kier molecular flexibility index (Phi) is 4.12. The topological polar surface area (TPSA) is 49.4 Å². The summed E-state index contributed by atoms with van der Waals surface area (Å²) in [6, 6.07) is 0.195. The quantitative estimate of drug-likeness (QED) is 0.731. The van der Waals surface area contributed by atoms with Crippen LogP contribution >= 0.6 is 0 Å². The Hall–Kier alpha value is -1.06. The maximum absolute atomic E-state index is 11.3. The minimum absolute atomic E-state index is 0.0608. The van der Waals surface area contributed by atoms with Crippen LogP contribution in [0.25, 0.3) is 0 Å². The molecule has 0 bridgehead atoms. The van der Waals surface area contributed by atoms with Gasteiger partial charge in [0.15, 0.2) is 0 Å². The van der Waals surface area contributed by atoms with Crippen molar-refractivity contribution in [3.63, 3.8) is 0 Å². The maximum atomic E-state index is 11.3. The van der Waals surface area contributed by atoms with E-state index in [4.69, 9.17) is 0 Å². The fourth-order valence-corrected chi connectivity index (χ4v) is 1.57. The van der Waals surface area contributed by atoms with Crippen molar-refractivity contribution in [2.75, 3.05) is 13.1 Å². The van der Waals surface area contributed by atoms with Gasteiger partial charge in [-0.2, -0.15) is 0 Å². The van der Waals surface area contributed by atoms with E-state index < -0.39 is 0 Å². The Morgan fingerprint density at radius 3 is 2.40 bits per heavy atom. The Labute approximate surface area is 91.0 Å². The predicted octanol–water partition coefficient (Wildman–Crippen LogP) is 0.769. The normalized spacial score (nSPS) is 15.2. The van der Waals surface area contributed by atoms with E-state index in [-0.39, 0.29) is 23.8 Å². The summed E-state index contributed by atoms with van der Waals surface area (Å²) in [6.45, 7) is 6.68.